The van der Waals surface area contributed by atoms with Crippen LogP contribution >= 0.6 is 0 Å². The van der Waals surface area contributed by atoms with Gasteiger partial charge in [0.25, 0.3) is 0 Å². The molecule has 0 unspecified atom stereocenters. The highest BCUT2D eigenvalue weighted by atomic mass is 16.5. The topological polar surface area (TPSA) is 12.5 Å². The molecule has 1 aromatic carbocycles. The molecule has 0 fully saturated rings. The van der Waals surface area contributed by atoms with E-state index in [0.29, 0.717) is 0 Å². The Morgan fingerprint density at radius 2 is 2.14 bits per heavy atom. The van der Waals surface area contributed by atoms with E-state index in [-0.39, 0.29) is 0 Å². The van der Waals surface area contributed by atoms with E-state index >= 15 is 0 Å². The summed E-state index contributed by atoms with van der Waals surface area (Å²) in [5.74, 6) is 0. The number of hydrogen-bond acceptors (Lipinski definition) is 2. The summed E-state index contributed by atoms with van der Waals surface area (Å²) in [6, 6.07) is 6.75. The highest BCUT2D eigenvalue weighted by molar-refractivity contribution is 5.32. The van der Waals surface area contributed by atoms with Crippen molar-refractivity contribution in [2.75, 3.05) is 20.7 Å². The molecular weight excluding hydrogens is 174 g/mol. The highest BCUT2D eigenvalue weighted by Gasteiger charge is 2.09. The minimum absolute atomic E-state index is 0.788. The second-order valence-corrected chi connectivity index (χ2v) is 4.14. The standard InChI is InChI=1S/C12H17NO/c1-13(2)8-10-3-4-11-5-6-14-9-12(11)7-10/h3-4,7H,5-6,8-9H2,1-2H3. The van der Waals surface area contributed by atoms with Gasteiger partial charge in [-0.15, -0.1) is 0 Å². The van der Waals surface area contributed by atoms with E-state index in [2.05, 4.69) is 37.2 Å². The molecule has 0 aliphatic carbocycles. The summed E-state index contributed by atoms with van der Waals surface area (Å²) in [4.78, 5) is 2.19. The zero-order valence-corrected chi connectivity index (χ0v) is 8.92. The van der Waals surface area contributed by atoms with E-state index in [4.69, 9.17) is 4.74 Å². The van der Waals surface area contributed by atoms with Crippen LogP contribution in [0.5, 0.6) is 0 Å². The van der Waals surface area contributed by atoms with Crippen molar-refractivity contribution in [3.8, 4) is 0 Å². The van der Waals surface area contributed by atoms with Gasteiger partial charge >= 0.3 is 0 Å². The van der Waals surface area contributed by atoms with Crippen LogP contribution in [0.3, 0.4) is 0 Å². The van der Waals surface area contributed by atoms with Crippen LogP contribution in [0.2, 0.25) is 0 Å². The zero-order valence-electron chi connectivity index (χ0n) is 8.92. The van der Waals surface area contributed by atoms with E-state index in [9.17, 15) is 0 Å². The summed E-state index contributed by atoms with van der Waals surface area (Å²) in [6.45, 7) is 2.67. The van der Waals surface area contributed by atoms with Crippen LogP contribution in [-0.4, -0.2) is 25.6 Å². The van der Waals surface area contributed by atoms with E-state index in [1.54, 1.807) is 0 Å². The van der Waals surface area contributed by atoms with Crippen LogP contribution in [0.25, 0.3) is 0 Å². The first-order valence-corrected chi connectivity index (χ1v) is 5.09. The first-order chi connectivity index (χ1) is 6.75. The molecule has 0 atom stereocenters. The van der Waals surface area contributed by atoms with E-state index in [1.165, 1.54) is 16.7 Å². The summed E-state index contributed by atoms with van der Waals surface area (Å²) in [7, 11) is 4.19. The molecular formula is C12H17NO. The fraction of sp³-hybridized carbons (Fsp3) is 0.500. The van der Waals surface area contributed by atoms with E-state index < -0.39 is 0 Å². The van der Waals surface area contributed by atoms with Gasteiger partial charge in [-0.1, -0.05) is 18.2 Å². The van der Waals surface area contributed by atoms with Crippen LogP contribution in [0, 0.1) is 0 Å². The molecule has 0 saturated carbocycles. The van der Waals surface area contributed by atoms with Crippen LogP contribution in [0.15, 0.2) is 18.2 Å². The molecule has 1 aliphatic rings. The third-order valence-corrected chi connectivity index (χ3v) is 2.54. The molecule has 0 bridgehead atoms. The van der Waals surface area contributed by atoms with Crippen molar-refractivity contribution in [3.63, 3.8) is 0 Å². The minimum atomic E-state index is 0.788. The van der Waals surface area contributed by atoms with Crippen molar-refractivity contribution in [2.24, 2.45) is 0 Å². The fourth-order valence-electron chi connectivity index (χ4n) is 1.89. The van der Waals surface area contributed by atoms with Gasteiger partial charge in [-0.05, 0) is 37.2 Å². The molecule has 0 N–H and O–H groups in total. The molecule has 0 spiro atoms. The smallest absolute Gasteiger partial charge is 0.0719 e. The Bertz CT molecular complexity index is 320. The monoisotopic (exact) mass is 191 g/mol. The third-order valence-electron chi connectivity index (χ3n) is 2.54. The SMILES string of the molecule is CN(C)Cc1ccc2c(c1)COCC2. The van der Waals surface area contributed by atoms with Crippen molar-refractivity contribution >= 4 is 0 Å². The molecule has 2 heteroatoms. The molecule has 0 radical (unpaired) electrons. The number of fused-ring (bicyclic) bond motifs is 1. The first kappa shape index (κ1) is 9.69. The van der Waals surface area contributed by atoms with Crippen LogP contribution in [0.4, 0.5) is 0 Å². The van der Waals surface area contributed by atoms with Gasteiger partial charge in [0.05, 0.1) is 13.2 Å². The van der Waals surface area contributed by atoms with Crippen LogP contribution in [-0.2, 0) is 24.3 Å². The number of ether oxygens (including phenoxy) is 1. The number of rotatable bonds is 2. The Balaban J connectivity index is 2.20. The van der Waals surface area contributed by atoms with Gasteiger partial charge < -0.3 is 9.64 Å². The summed E-state index contributed by atoms with van der Waals surface area (Å²) < 4.78 is 5.44. The van der Waals surface area contributed by atoms with Crippen molar-refractivity contribution < 1.29 is 4.74 Å². The average molecular weight is 191 g/mol. The van der Waals surface area contributed by atoms with Gasteiger partial charge in [-0.2, -0.15) is 0 Å². The van der Waals surface area contributed by atoms with E-state index in [1.807, 2.05) is 0 Å². The quantitative estimate of drug-likeness (QED) is 0.707. The van der Waals surface area contributed by atoms with Crippen LogP contribution < -0.4 is 0 Å². The maximum atomic E-state index is 5.44. The second kappa shape index (κ2) is 4.11. The van der Waals surface area contributed by atoms with Crippen LogP contribution in [0.1, 0.15) is 16.7 Å². The van der Waals surface area contributed by atoms with Gasteiger partial charge in [0.2, 0.25) is 0 Å². The molecule has 0 aromatic heterocycles. The van der Waals surface area contributed by atoms with Crippen molar-refractivity contribution in [1.29, 1.82) is 0 Å². The Labute approximate surface area is 85.5 Å². The molecule has 2 rings (SSSR count). The summed E-state index contributed by atoms with van der Waals surface area (Å²) in [6.07, 6.45) is 1.07. The van der Waals surface area contributed by atoms with Gasteiger partial charge in [-0.25, -0.2) is 0 Å². The van der Waals surface area contributed by atoms with Gasteiger partial charge in [0, 0.05) is 6.54 Å². The van der Waals surface area contributed by atoms with Gasteiger partial charge in [0.1, 0.15) is 0 Å². The largest absolute Gasteiger partial charge is 0.376 e. The van der Waals surface area contributed by atoms with Crippen molar-refractivity contribution in [1.82, 2.24) is 4.90 Å². The van der Waals surface area contributed by atoms with Crippen molar-refractivity contribution in [2.45, 2.75) is 19.6 Å². The zero-order chi connectivity index (χ0) is 9.97. The maximum absolute atomic E-state index is 5.44. The average Bonchev–Trinajstić information content (AvgIpc) is 2.17. The lowest BCUT2D eigenvalue weighted by Gasteiger charge is -2.18. The number of nitrogens with zero attached hydrogens (tertiary/aromatic N) is 1. The minimum Gasteiger partial charge on any atom is -0.376 e. The van der Waals surface area contributed by atoms with Gasteiger partial charge in [0.15, 0.2) is 0 Å². The molecule has 0 saturated heterocycles. The first-order valence-electron chi connectivity index (χ1n) is 5.09. The number of benzene rings is 1. The summed E-state index contributed by atoms with van der Waals surface area (Å²) in [5, 5.41) is 0. The van der Waals surface area contributed by atoms with E-state index in [0.717, 1.165) is 26.2 Å². The Kier molecular flexibility index (Phi) is 2.85. The molecule has 14 heavy (non-hydrogen) atoms. The Hall–Kier alpha value is -0.860. The lowest BCUT2D eigenvalue weighted by Crippen LogP contribution is -2.13. The predicted molar refractivity (Wildman–Crippen MR) is 57.2 cm³/mol. The molecule has 1 aliphatic heterocycles. The Morgan fingerprint density at radius 1 is 1.29 bits per heavy atom. The molecule has 76 valence electrons. The summed E-state index contributed by atoms with van der Waals surface area (Å²) in [5.41, 5.74) is 4.20. The fourth-order valence-corrected chi connectivity index (χ4v) is 1.89. The second-order valence-electron chi connectivity index (χ2n) is 4.14. The molecule has 0 amide bonds. The van der Waals surface area contributed by atoms with Crippen molar-refractivity contribution in [3.05, 3.63) is 34.9 Å². The lowest BCUT2D eigenvalue weighted by atomic mass is 10.0. The van der Waals surface area contributed by atoms with Gasteiger partial charge in [-0.3, -0.25) is 0 Å². The highest BCUT2D eigenvalue weighted by Crippen LogP contribution is 2.18. The number of hydrogen-bond donors (Lipinski definition) is 0. The predicted octanol–water partition coefficient (Wildman–Crippen LogP) is 1.82. The molecule has 2 nitrogen and oxygen atoms in total. The normalized spacial score (nSPS) is 15.6. The molecule has 1 aromatic rings. The molecule has 1 heterocycles. The maximum Gasteiger partial charge on any atom is 0.0719 e. The summed E-state index contributed by atoms with van der Waals surface area (Å²) >= 11 is 0. The lowest BCUT2D eigenvalue weighted by molar-refractivity contribution is 0.110. The Morgan fingerprint density at radius 3 is 2.93 bits per heavy atom. The third kappa shape index (κ3) is 2.14.